The van der Waals surface area contributed by atoms with E-state index in [0.717, 1.165) is 6.42 Å². The van der Waals surface area contributed by atoms with E-state index in [2.05, 4.69) is 20.8 Å². The summed E-state index contributed by atoms with van der Waals surface area (Å²) in [5.74, 6) is 0.707. The highest BCUT2D eigenvalue weighted by Crippen LogP contribution is 2.07. The van der Waals surface area contributed by atoms with Gasteiger partial charge in [-0.2, -0.15) is 0 Å². The smallest absolute Gasteiger partial charge is 0.0618 e. The average molecular weight is 159 g/mol. The van der Waals surface area contributed by atoms with Gasteiger partial charge in [-0.3, -0.25) is 0 Å². The van der Waals surface area contributed by atoms with Gasteiger partial charge < -0.3 is 10.5 Å². The Kier molecular flexibility index (Phi) is 5.51. The number of ether oxygens (including phenoxy) is 1. The number of nitrogens with two attached hydrogens (primary N) is 1. The molecule has 0 saturated heterocycles. The first kappa shape index (κ1) is 10.9. The minimum Gasteiger partial charge on any atom is -0.377 e. The van der Waals surface area contributed by atoms with Crippen LogP contribution in [0.3, 0.4) is 0 Å². The second-order valence-corrected chi connectivity index (χ2v) is 3.75. The Morgan fingerprint density at radius 3 is 2.09 bits per heavy atom. The first-order valence-electron chi connectivity index (χ1n) is 4.39. The van der Waals surface area contributed by atoms with E-state index in [1.807, 2.05) is 6.92 Å². The molecule has 2 heteroatoms. The third kappa shape index (κ3) is 7.82. The Hall–Kier alpha value is -0.0800. The second-order valence-electron chi connectivity index (χ2n) is 3.75. The van der Waals surface area contributed by atoms with E-state index in [1.54, 1.807) is 0 Å². The molecular weight excluding hydrogens is 138 g/mol. The molecule has 68 valence electrons. The summed E-state index contributed by atoms with van der Waals surface area (Å²) in [6.45, 7) is 9.13. The third-order valence-corrected chi connectivity index (χ3v) is 1.45. The van der Waals surface area contributed by atoms with Crippen molar-refractivity contribution in [1.82, 2.24) is 0 Å². The zero-order chi connectivity index (χ0) is 8.85. The van der Waals surface area contributed by atoms with Crippen LogP contribution in [0.5, 0.6) is 0 Å². The summed E-state index contributed by atoms with van der Waals surface area (Å²) in [7, 11) is 0. The van der Waals surface area contributed by atoms with Gasteiger partial charge in [0.05, 0.1) is 12.7 Å². The van der Waals surface area contributed by atoms with Gasteiger partial charge in [-0.05, 0) is 26.2 Å². The molecule has 0 saturated carbocycles. The monoisotopic (exact) mass is 159 g/mol. The molecular formula is C9H21NO. The van der Waals surface area contributed by atoms with Crippen LogP contribution in [0.4, 0.5) is 0 Å². The van der Waals surface area contributed by atoms with E-state index in [1.165, 1.54) is 0 Å². The summed E-state index contributed by atoms with van der Waals surface area (Å²) in [5, 5.41) is 0. The standard InChI is InChI=1S/C9H21NO/c1-7(2)5-9(4)11-6-8(3)10/h7-9H,5-6,10H2,1-4H3/t8-,9?/m0/s1. The normalized spacial score (nSPS) is 16.9. The molecule has 0 rings (SSSR count). The summed E-state index contributed by atoms with van der Waals surface area (Å²) in [6, 6.07) is 0.157. The van der Waals surface area contributed by atoms with Gasteiger partial charge in [0, 0.05) is 6.04 Å². The summed E-state index contributed by atoms with van der Waals surface area (Å²) >= 11 is 0. The Morgan fingerprint density at radius 2 is 1.73 bits per heavy atom. The fourth-order valence-corrected chi connectivity index (χ4v) is 1.05. The molecule has 0 heterocycles. The molecule has 0 spiro atoms. The quantitative estimate of drug-likeness (QED) is 0.663. The topological polar surface area (TPSA) is 35.2 Å². The van der Waals surface area contributed by atoms with E-state index in [0.29, 0.717) is 18.6 Å². The van der Waals surface area contributed by atoms with Gasteiger partial charge in [0.15, 0.2) is 0 Å². The van der Waals surface area contributed by atoms with E-state index in [9.17, 15) is 0 Å². The molecule has 2 N–H and O–H groups in total. The van der Waals surface area contributed by atoms with E-state index in [4.69, 9.17) is 10.5 Å². The minimum absolute atomic E-state index is 0.157. The van der Waals surface area contributed by atoms with Crippen molar-refractivity contribution in [1.29, 1.82) is 0 Å². The molecule has 2 nitrogen and oxygen atoms in total. The van der Waals surface area contributed by atoms with Crippen LogP contribution in [0.2, 0.25) is 0 Å². The number of hydrogen-bond donors (Lipinski definition) is 1. The van der Waals surface area contributed by atoms with Crippen LogP contribution in [0.25, 0.3) is 0 Å². The van der Waals surface area contributed by atoms with Crippen LogP contribution in [0.1, 0.15) is 34.1 Å². The molecule has 1 unspecified atom stereocenters. The summed E-state index contributed by atoms with van der Waals surface area (Å²) in [5.41, 5.74) is 5.55. The van der Waals surface area contributed by atoms with Crippen molar-refractivity contribution in [2.24, 2.45) is 11.7 Å². The molecule has 0 bridgehead atoms. The van der Waals surface area contributed by atoms with E-state index in [-0.39, 0.29) is 6.04 Å². The van der Waals surface area contributed by atoms with Crippen LogP contribution in [0.15, 0.2) is 0 Å². The molecule has 0 aliphatic heterocycles. The summed E-state index contributed by atoms with van der Waals surface area (Å²) < 4.78 is 5.49. The van der Waals surface area contributed by atoms with E-state index < -0.39 is 0 Å². The van der Waals surface area contributed by atoms with Crippen molar-refractivity contribution in [3.05, 3.63) is 0 Å². The first-order valence-corrected chi connectivity index (χ1v) is 4.39. The van der Waals surface area contributed by atoms with Crippen LogP contribution < -0.4 is 5.73 Å². The van der Waals surface area contributed by atoms with Crippen molar-refractivity contribution >= 4 is 0 Å². The second kappa shape index (κ2) is 5.56. The van der Waals surface area contributed by atoms with Crippen molar-refractivity contribution in [3.8, 4) is 0 Å². The lowest BCUT2D eigenvalue weighted by Gasteiger charge is -2.16. The predicted octanol–water partition coefficient (Wildman–Crippen LogP) is 1.78. The highest BCUT2D eigenvalue weighted by atomic mass is 16.5. The van der Waals surface area contributed by atoms with Crippen LogP contribution >= 0.6 is 0 Å². The molecule has 0 aromatic heterocycles. The molecule has 0 aliphatic carbocycles. The highest BCUT2D eigenvalue weighted by Gasteiger charge is 2.05. The van der Waals surface area contributed by atoms with Crippen LogP contribution in [-0.2, 0) is 4.74 Å². The average Bonchev–Trinajstić information content (AvgIpc) is 1.82. The van der Waals surface area contributed by atoms with Crippen molar-refractivity contribution in [2.45, 2.75) is 46.3 Å². The maximum absolute atomic E-state index is 5.55. The largest absolute Gasteiger partial charge is 0.377 e. The van der Waals surface area contributed by atoms with Crippen molar-refractivity contribution < 1.29 is 4.74 Å². The molecule has 0 amide bonds. The summed E-state index contributed by atoms with van der Waals surface area (Å²) in [6.07, 6.45) is 1.47. The Morgan fingerprint density at radius 1 is 1.18 bits per heavy atom. The molecule has 0 aromatic carbocycles. The fourth-order valence-electron chi connectivity index (χ4n) is 1.05. The van der Waals surface area contributed by atoms with Gasteiger partial charge in [0.2, 0.25) is 0 Å². The SMILES string of the molecule is CC(C)CC(C)OC[C@H](C)N. The van der Waals surface area contributed by atoms with Gasteiger partial charge in [0.25, 0.3) is 0 Å². The number of rotatable bonds is 5. The van der Waals surface area contributed by atoms with Crippen molar-refractivity contribution in [3.63, 3.8) is 0 Å². The van der Waals surface area contributed by atoms with Gasteiger partial charge in [-0.1, -0.05) is 13.8 Å². The van der Waals surface area contributed by atoms with Crippen LogP contribution in [0, 0.1) is 5.92 Å². The Balaban J connectivity index is 3.29. The van der Waals surface area contributed by atoms with Gasteiger partial charge in [-0.15, -0.1) is 0 Å². The Bertz CT molecular complexity index is 91.6. The number of hydrogen-bond acceptors (Lipinski definition) is 2. The molecule has 2 atom stereocenters. The third-order valence-electron chi connectivity index (χ3n) is 1.45. The molecule has 11 heavy (non-hydrogen) atoms. The fraction of sp³-hybridized carbons (Fsp3) is 1.00. The lowest BCUT2D eigenvalue weighted by atomic mass is 10.1. The predicted molar refractivity (Wildman–Crippen MR) is 48.5 cm³/mol. The lowest BCUT2D eigenvalue weighted by molar-refractivity contribution is 0.0456. The highest BCUT2D eigenvalue weighted by molar-refractivity contribution is 4.56. The first-order chi connectivity index (χ1) is 5.02. The maximum atomic E-state index is 5.55. The van der Waals surface area contributed by atoms with Crippen LogP contribution in [-0.4, -0.2) is 18.8 Å². The summed E-state index contributed by atoms with van der Waals surface area (Å²) in [4.78, 5) is 0. The molecule has 0 fully saturated rings. The maximum Gasteiger partial charge on any atom is 0.0618 e. The van der Waals surface area contributed by atoms with Gasteiger partial charge in [-0.25, -0.2) is 0 Å². The van der Waals surface area contributed by atoms with E-state index >= 15 is 0 Å². The van der Waals surface area contributed by atoms with Crippen molar-refractivity contribution in [2.75, 3.05) is 6.61 Å². The molecule has 0 aliphatic rings. The molecule has 0 aromatic rings. The molecule has 0 radical (unpaired) electrons. The zero-order valence-corrected chi connectivity index (χ0v) is 8.13. The Labute approximate surface area is 70.1 Å². The lowest BCUT2D eigenvalue weighted by Crippen LogP contribution is -2.25. The zero-order valence-electron chi connectivity index (χ0n) is 8.13. The minimum atomic E-state index is 0.157. The van der Waals surface area contributed by atoms with Gasteiger partial charge in [0.1, 0.15) is 0 Å². The van der Waals surface area contributed by atoms with Gasteiger partial charge >= 0.3 is 0 Å².